The Labute approximate surface area is 96.5 Å². The van der Waals surface area contributed by atoms with Gasteiger partial charge in [-0.05, 0) is 24.8 Å². The molecule has 1 aliphatic rings. The lowest BCUT2D eigenvalue weighted by atomic mass is 9.98. The van der Waals surface area contributed by atoms with Crippen molar-refractivity contribution in [3.05, 3.63) is 29.8 Å². The van der Waals surface area contributed by atoms with Crippen LogP contribution in [0.25, 0.3) is 0 Å². The van der Waals surface area contributed by atoms with E-state index in [2.05, 4.69) is 0 Å². The topological polar surface area (TPSA) is 44.5 Å². The van der Waals surface area contributed by atoms with Gasteiger partial charge in [0.15, 0.2) is 0 Å². The zero-order chi connectivity index (χ0) is 11.5. The molecule has 0 aliphatic heterocycles. The van der Waals surface area contributed by atoms with Crippen LogP contribution in [0.15, 0.2) is 24.3 Å². The van der Waals surface area contributed by atoms with E-state index in [9.17, 15) is 0 Å². The predicted molar refractivity (Wildman–Crippen MR) is 63.4 cm³/mol. The molecule has 88 valence electrons. The predicted octanol–water partition coefficient (Wildman–Crippen LogP) is 2.12. The van der Waals surface area contributed by atoms with Crippen LogP contribution in [-0.4, -0.2) is 20.3 Å². The van der Waals surface area contributed by atoms with Gasteiger partial charge in [0, 0.05) is 12.7 Å². The van der Waals surface area contributed by atoms with Gasteiger partial charge in [-0.2, -0.15) is 0 Å². The lowest BCUT2D eigenvalue weighted by Gasteiger charge is -2.24. The zero-order valence-electron chi connectivity index (χ0n) is 9.85. The first-order valence-electron chi connectivity index (χ1n) is 5.69. The van der Waals surface area contributed by atoms with Crippen LogP contribution in [-0.2, 0) is 4.74 Å². The first kappa shape index (κ1) is 11.4. The molecule has 1 aromatic carbocycles. The Morgan fingerprint density at radius 1 is 1.25 bits per heavy atom. The molecular weight excluding hydrogens is 202 g/mol. The largest absolute Gasteiger partial charge is 0.496 e. The van der Waals surface area contributed by atoms with Gasteiger partial charge >= 0.3 is 0 Å². The Morgan fingerprint density at radius 3 is 2.50 bits per heavy atom. The van der Waals surface area contributed by atoms with Crippen molar-refractivity contribution < 1.29 is 9.47 Å². The highest BCUT2D eigenvalue weighted by atomic mass is 16.5. The van der Waals surface area contributed by atoms with E-state index in [4.69, 9.17) is 15.2 Å². The number of rotatable bonds is 5. The van der Waals surface area contributed by atoms with Crippen LogP contribution in [0.4, 0.5) is 0 Å². The molecule has 1 saturated carbocycles. The molecule has 0 radical (unpaired) electrons. The minimum atomic E-state index is -0.103. The third-order valence-electron chi connectivity index (χ3n) is 3.21. The summed E-state index contributed by atoms with van der Waals surface area (Å²) >= 11 is 0. The number of ether oxygens (including phenoxy) is 2. The molecule has 3 nitrogen and oxygen atoms in total. The van der Waals surface area contributed by atoms with Crippen LogP contribution in [0, 0.1) is 5.92 Å². The van der Waals surface area contributed by atoms with Gasteiger partial charge in [0.05, 0.1) is 19.3 Å². The van der Waals surface area contributed by atoms with Crippen LogP contribution < -0.4 is 10.5 Å². The number of methoxy groups -OCH3 is 2. The minimum absolute atomic E-state index is 0.103. The molecule has 3 heteroatoms. The van der Waals surface area contributed by atoms with Gasteiger partial charge in [-0.3, -0.25) is 0 Å². The lowest BCUT2D eigenvalue weighted by Crippen LogP contribution is -2.30. The molecule has 16 heavy (non-hydrogen) atoms. The van der Waals surface area contributed by atoms with E-state index in [0.29, 0.717) is 5.92 Å². The minimum Gasteiger partial charge on any atom is -0.496 e. The maximum Gasteiger partial charge on any atom is 0.123 e. The van der Waals surface area contributed by atoms with Crippen LogP contribution >= 0.6 is 0 Å². The van der Waals surface area contributed by atoms with E-state index in [-0.39, 0.29) is 12.1 Å². The van der Waals surface area contributed by atoms with E-state index >= 15 is 0 Å². The van der Waals surface area contributed by atoms with E-state index < -0.39 is 0 Å². The summed E-state index contributed by atoms with van der Waals surface area (Å²) in [5.74, 6) is 1.46. The van der Waals surface area contributed by atoms with Gasteiger partial charge in [-0.1, -0.05) is 18.2 Å². The summed E-state index contributed by atoms with van der Waals surface area (Å²) in [6, 6.07) is 7.78. The molecule has 0 heterocycles. The van der Waals surface area contributed by atoms with Crippen molar-refractivity contribution in [3.8, 4) is 5.75 Å². The second kappa shape index (κ2) is 4.85. The highest BCUT2D eigenvalue weighted by Crippen LogP contribution is 2.40. The summed E-state index contributed by atoms with van der Waals surface area (Å²) in [6.07, 6.45) is 2.55. The van der Waals surface area contributed by atoms with Gasteiger partial charge < -0.3 is 15.2 Å². The van der Waals surface area contributed by atoms with Crippen molar-refractivity contribution in [2.75, 3.05) is 14.2 Å². The summed E-state index contributed by atoms with van der Waals surface area (Å²) in [5, 5.41) is 0. The van der Waals surface area contributed by atoms with Crippen molar-refractivity contribution in [1.82, 2.24) is 0 Å². The van der Waals surface area contributed by atoms with Gasteiger partial charge in [0.1, 0.15) is 5.75 Å². The molecule has 1 fully saturated rings. The van der Waals surface area contributed by atoms with E-state index in [0.717, 1.165) is 11.3 Å². The van der Waals surface area contributed by atoms with Gasteiger partial charge in [-0.25, -0.2) is 0 Å². The molecular formula is C13H19NO2. The molecule has 2 N–H and O–H groups in total. The fourth-order valence-electron chi connectivity index (χ4n) is 2.18. The average molecular weight is 221 g/mol. The molecule has 0 spiro atoms. The number of hydrogen-bond acceptors (Lipinski definition) is 3. The molecule has 2 atom stereocenters. The molecule has 2 unspecified atom stereocenters. The summed E-state index contributed by atoms with van der Waals surface area (Å²) in [5.41, 5.74) is 7.29. The highest BCUT2D eigenvalue weighted by Gasteiger charge is 2.36. The van der Waals surface area contributed by atoms with E-state index in [1.54, 1.807) is 14.2 Å². The molecule has 1 aromatic rings. The number of benzene rings is 1. The Bertz CT molecular complexity index is 350. The van der Waals surface area contributed by atoms with Gasteiger partial charge in [0.25, 0.3) is 0 Å². The smallest absolute Gasteiger partial charge is 0.123 e. The van der Waals surface area contributed by atoms with Crippen LogP contribution in [0.5, 0.6) is 5.75 Å². The van der Waals surface area contributed by atoms with E-state index in [1.807, 2.05) is 24.3 Å². The molecule has 1 aliphatic carbocycles. The van der Waals surface area contributed by atoms with Crippen LogP contribution in [0.2, 0.25) is 0 Å². The Hall–Kier alpha value is -1.06. The third kappa shape index (κ3) is 2.20. The van der Waals surface area contributed by atoms with E-state index in [1.165, 1.54) is 12.8 Å². The molecule has 0 amide bonds. The van der Waals surface area contributed by atoms with Crippen LogP contribution in [0.1, 0.15) is 24.4 Å². The van der Waals surface area contributed by atoms with Crippen LogP contribution in [0.3, 0.4) is 0 Å². The second-order valence-corrected chi connectivity index (χ2v) is 4.31. The van der Waals surface area contributed by atoms with Gasteiger partial charge in [-0.15, -0.1) is 0 Å². The summed E-state index contributed by atoms with van der Waals surface area (Å²) in [6.45, 7) is 0. The first-order valence-corrected chi connectivity index (χ1v) is 5.69. The Balaban J connectivity index is 2.20. The van der Waals surface area contributed by atoms with Crippen molar-refractivity contribution in [2.24, 2.45) is 11.7 Å². The number of nitrogens with two attached hydrogens (primary N) is 1. The van der Waals surface area contributed by atoms with Crippen molar-refractivity contribution in [3.63, 3.8) is 0 Å². The molecule has 0 saturated heterocycles. The third-order valence-corrected chi connectivity index (χ3v) is 3.21. The summed E-state index contributed by atoms with van der Waals surface area (Å²) in [4.78, 5) is 0. The Morgan fingerprint density at radius 2 is 1.94 bits per heavy atom. The standard InChI is InChI=1S/C13H19NO2/c1-15-11-6-4-3-5-10(11)12(14)13(16-2)9-7-8-9/h3-6,9,12-13H,7-8,14H2,1-2H3. The second-order valence-electron chi connectivity index (χ2n) is 4.31. The highest BCUT2D eigenvalue weighted by molar-refractivity contribution is 5.36. The SMILES string of the molecule is COc1ccccc1C(N)C(OC)C1CC1. The number of hydrogen-bond donors (Lipinski definition) is 1. The molecule has 0 bridgehead atoms. The normalized spacial score (nSPS) is 19.2. The summed E-state index contributed by atoms with van der Waals surface area (Å²) in [7, 11) is 3.41. The monoisotopic (exact) mass is 221 g/mol. The number of para-hydroxylation sites is 1. The quantitative estimate of drug-likeness (QED) is 0.828. The van der Waals surface area contributed by atoms with Gasteiger partial charge in [0.2, 0.25) is 0 Å². The fraction of sp³-hybridized carbons (Fsp3) is 0.538. The first-order chi connectivity index (χ1) is 7.77. The zero-order valence-corrected chi connectivity index (χ0v) is 9.85. The van der Waals surface area contributed by atoms with Crippen molar-refractivity contribution in [2.45, 2.75) is 25.0 Å². The lowest BCUT2D eigenvalue weighted by molar-refractivity contribution is 0.0617. The Kier molecular flexibility index (Phi) is 3.46. The maximum absolute atomic E-state index is 6.26. The maximum atomic E-state index is 6.26. The molecule has 0 aromatic heterocycles. The average Bonchev–Trinajstić information content (AvgIpc) is 3.14. The van der Waals surface area contributed by atoms with Crippen molar-refractivity contribution >= 4 is 0 Å². The molecule has 2 rings (SSSR count). The fourth-order valence-corrected chi connectivity index (χ4v) is 2.18. The summed E-state index contributed by atoms with van der Waals surface area (Å²) < 4.78 is 10.8. The van der Waals surface area contributed by atoms with Crippen molar-refractivity contribution in [1.29, 1.82) is 0 Å².